The minimum atomic E-state index is -0.341. The highest BCUT2D eigenvalue weighted by Gasteiger charge is 2.12. The minimum Gasteiger partial charge on any atom is -0.469 e. The molecule has 0 bridgehead atoms. The summed E-state index contributed by atoms with van der Waals surface area (Å²) in [5.41, 5.74) is 2.45. The third-order valence-corrected chi connectivity index (χ3v) is 2.81. The molecule has 4 heteroatoms. The predicted molar refractivity (Wildman–Crippen MR) is 67.5 cm³/mol. The van der Waals surface area contributed by atoms with Gasteiger partial charge >= 0.3 is 11.9 Å². The Morgan fingerprint density at radius 2 is 1.89 bits per heavy atom. The first-order valence-corrected chi connectivity index (χ1v) is 5.89. The summed E-state index contributed by atoms with van der Waals surface area (Å²) in [5, 5.41) is 0. The Kier molecular flexibility index (Phi) is 5.36. The summed E-state index contributed by atoms with van der Waals surface area (Å²) in [6.45, 7) is 1.98. The molecule has 0 saturated heterocycles. The van der Waals surface area contributed by atoms with Crippen molar-refractivity contribution in [2.24, 2.45) is 0 Å². The topological polar surface area (TPSA) is 52.6 Å². The van der Waals surface area contributed by atoms with E-state index >= 15 is 0 Å². The SMILES string of the molecule is CCc1ccc(CCC(=O)OC)cc1C(=O)OC. The molecule has 1 aromatic carbocycles. The molecule has 0 fully saturated rings. The van der Waals surface area contributed by atoms with Gasteiger partial charge in [-0.3, -0.25) is 4.79 Å². The summed E-state index contributed by atoms with van der Waals surface area (Å²) < 4.78 is 9.34. The van der Waals surface area contributed by atoms with Gasteiger partial charge in [-0.1, -0.05) is 19.1 Å². The molecule has 0 aromatic heterocycles. The molecular formula is C14H18O4. The van der Waals surface area contributed by atoms with E-state index in [9.17, 15) is 9.59 Å². The number of carbonyl (C=O) groups is 2. The standard InChI is InChI=1S/C14H18O4/c1-4-11-7-5-10(6-8-13(15)17-2)9-12(11)14(16)18-3/h5,7,9H,4,6,8H2,1-3H3. The van der Waals surface area contributed by atoms with Crippen LogP contribution < -0.4 is 0 Å². The van der Waals surface area contributed by atoms with Crippen LogP contribution in [0.5, 0.6) is 0 Å². The fourth-order valence-electron chi connectivity index (χ4n) is 1.74. The lowest BCUT2D eigenvalue weighted by Crippen LogP contribution is -2.07. The van der Waals surface area contributed by atoms with E-state index in [0.29, 0.717) is 18.4 Å². The molecule has 18 heavy (non-hydrogen) atoms. The Bertz CT molecular complexity index is 437. The van der Waals surface area contributed by atoms with Crippen molar-refractivity contribution in [2.45, 2.75) is 26.2 Å². The van der Waals surface area contributed by atoms with Crippen LogP contribution in [0.25, 0.3) is 0 Å². The third kappa shape index (κ3) is 3.58. The number of esters is 2. The lowest BCUT2D eigenvalue weighted by Gasteiger charge is -2.08. The average molecular weight is 250 g/mol. The van der Waals surface area contributed by atoms with Crippen molar-refractivity contribution in [2.75, 3.05) is 14.2 Å². The number of carbonyl (C=O) groups excluding carboxylic acids is 2. The lowest BCUT2D eigenvalue weighted by atomic mass is 10.00. The van der Waals surface area contributed by atoms with Crippen LogP contribution in [0.3, 0.4) is 0 Å². The Labute approximate surface area is 107 Å². The van der Waals surface area contributed by atoms with Crippen molar-refractivity contribution in [1.29, 1.82) is 0 Å². The van der Waals surface area contributed by atoms with Crippen LogP contribution in [0, 0.1) is 0 Å². The molecular weight excluding hydrogens is 232 g/mol. The highest BCUT2D eigenvalue weighted by atomic mass is 16.5. The van der Waals surface area contributed by atoms with Gasteiger partial charge < -0.3 is 9.47 Å². The maximum atomic E-state index is 11.6. The lowest BCUT2D eigenvalue weighted by molar-refractivity contribution is -0.140. The molecule has 0 saturated carbocycles. The number of benzene rings is 1. The van der Waals surface area contributed by atoms with Gasteiger partial charge in [0.1, 0.15) is 0 Å². The zero-order chi connectivity index (χ0) is 13.5. The molecule has 0 unspecified atom stereocenters. The molecule has 0 amide bonds. The highest BCUT2D eigenvalue weighted by Crippen LogP contribution is 2.15. The van der Waals surface area contributed by atoms with E-state index in [2.05, 4.69) is 4.74 Å². The fraction of sp³-hybridized carbons (Fsp3) is 0.429. The number of aryl methyl sites for hydroxylation is 2. The van der Waals surface area contributed by atoms with Crippen LogP contribution in [0.4, 0.5) is 0 Å². The molecule has 0 spiro atoms. The summed E-state index contributed by atoms with van der Waals surface area (Å²) >= 11 is 0. The normalized spacial score (nSPS) is 9.94. The summed E-state index contributed by atoms with van der Waals surface area (Å²) in [5.74, 6) is -0.596. The first-order valence-electron chi connectivity index (χ1n) is 5.89. The van der Waals surface area contributed by atoms with Crippen molar-refractivity contribution in [3.63, 3.8) is 0 Å². The molecule has 0 aliphatic heterocycles. The Morgan fingerprint density at radius 3 is 2.44 bits per heavy atom. The maximum Gasteiger partial charge on any atom is 0.338 e. The number of ether oxygens (including phenoxy) is 2. The van der Waals surface area contributed by atoms with Crippen LogP contribution in [0.1, 0.15) is 34.8 Å². The number of methoxy groups -OCH3 is 2. The Balaban J connectivity index is 2.89. The van der Waals surface area contributed by atoms with E-state index in [1.54, 1.807) is 6.07 Å². The van der Waals surface area contributed by atoms with E-state index in [1.165, 1.54) is 14.2 Å². The first-order chi connectivity index (χ1) is 8.62. The second kappa shape index (κ2) is 6.79. The quantitative estimate of drug-likeness (QED) is 0.751. The van der Waals surface area contributed by atoms with Crippen molar-refractivity contribution in [1.82, 2.24) is 0 Å². The van der Waals surface area contributed by atoms with Crippen LogP contribution in [-0.2, 0) is 27.1 Å². The second-order valence-corrected chi connectivity index (χ2v) is 3.91. The third-order valence-electron chi connectivity index (χ3n) is 2.81. The number of rotatable bonds is 5. The zero-order valence-corrected chi connectivity index (χ0v) is 11.0. The minimum absolute atomic E-state index is 0.255. The van der Waals surface area contributed by atoms with Crippen molar-refractivity contribution in [3.05, 3.63) is 34.9 Å². The van der Waals surface area contributed by atoms with Gasteiger partial charge in [0.2, 0.25) is 0 Å². The monoisotopic (exact) mass is 250 g/mol. The fourth-order valence-corrected chi connectivity index (χ4v) is 1.74. The van der Waals surface area contributed by atoms with E-state index in [-0.39, 0.29) is 11.9 Å². The summed E-state index contributed by atoms with van der Waals surface area (Å²) in [7, 11) is 2.73. The van der Waals surface area contributed by atoms with Crippen molar-refractivity contribution in [3.8, 4) is 0 Å². The molecule has 0 N–H and O–H groups in total. The van der Waals surface area contributed by atoms with Gasteiger partial charge in [0, 0.05) is 6.42 Å². The molecule has 0 atom stereocenters. The van der Waals surface area contributed by atoms with Gasteiger partial charge in [-0.15, -0.1) is 0 Å². The Morgan fingerprint density at radius 1 is 1.17 bits per heavy atom. The molecule has 0 heterocycles. The van der Waals surface area contributed by atoms with Gasteiger partial charge in [0.15, 0.2) is 0 Å². The van der Waals surface area contributed by atoms with Gasteiger partial charge in [-0.2, -0.15) is 0 Å². The molecule has 4 nitrogen and oxygen atoms in total. The molecule has 1 rings (SSSR count). The van der Waals surface area contributed by atoms with Gasteiger partial charge in [-0.25, -0.2) is 4.79 Å². The summed E-state index contributed by atoms with van der Waals surface area (Å²) in [4.78, 5) is 22.7. The van der Waals surface area contributed by atoms with Crippen molar-refractivity contribution < 1.29 is 19.1 Å². The molecule has 0 aliphatic carbocycles. The predicted octanol–water partition coefficient (Wildman–Crippen LogP) is 2.14. The van der Waals surface area contributed by atoms with E-state index < -0.39 is 0 Å². The summed E-state index contributed by atoms with van der Waals surface area (Å²) in [6.07, 6.45) is 1.63. The second-order valence-electron chi connectivity index (χ2n) is 3.91. The maximum absolute atomic E-state index is 11.6. The van der Waals surface area contributed by atoms with E-state index in [1.807, 2.05) is 19.1 Å². The molecule has 0 aliphatic rings. The van der Waals surface area contributed by atoms with Crippen LogP contribution in [0.2, 0.25) is 0 Å². The van der Waals surface area contributed by atoms with Crippen LogP contribution in [-0.4, -0.2) is 26.2 Å². The Hall–Kier alpha value is -1.84. The van der Waals surface area contributed by atoms with Gasteiger partial charge in [-0.05, 0) is 30.0 Å². The van der Waals surface area contributed by atoms with E-state index in [4.69, 9.17) is 4.74 Å². The van der Waals surface area contributed by atoms with Crippen LogP contribution in [0.15, 0.2) is 18.2 Å². The molecule has 1 aromatic rings. The smallest absolute Gasteiger partial charge is 0.338 e. The number of hydrogen-bond donors (Lipinski definition) is 0. The largest absolute Gasteiger partial charge is 0.469 e. The van der Waals surface area contributed by atoms with Crippen molar-refractivity contribution >= 4 is 11.9 Å². The number of hydrogen-bond acceptors (Lipinski definition) is 4. The van der Waals surface area contributed by atoms with Gasteiger partial charge in [0.25, 0.3) is 0 Å². The first kappa shape index (κ1) is 14.2. The van der Waals surface area contributed by atoms with Crippen LogP contribution >= 0.6 is 0 Å². The average Bonchev–Trinajstić information content (AvgIpc) is 2.43. The van der Waals surface area contributed by atoms with Gasteiger partial charge in [0.05, 0.1) is 19.8 Å². The zero-order valence-electron chi connectivity index (χ0n) is 11.0. The highest BCUT2D eigenvalue weighted by molar-refractivity contribution is 5.91. The molecule has 98 valence electrons. The molecule has 0 radical (unpaired) electrons. The summed E-state index contributed by atoms with van der Waals surface area (Å²) in [6, 6.07) is 5.61. The van der Waals surface area contributed by atoms with E-state index in [0.717, 1.165) is 17.5 Å².